The van der Waals surface area contributed by atoms with Crippen LogP contribution in [0.15, 0.2) is 29.2 Å². The predicted octanol–water partition coefficient (Wildman–Crippen LogP) is 2.37. The molecule has 114 valence electrons. The number of nitrogens with zero attached hydrogens (tertiary/aromatic N) is 1. The van der Waals surface area contributed by atoms with Gasteiger partial charge in [-0.25, -0.2) is 8.42 Å². The van der Waals surface area contributed by atoms with Crippen molar-refractivity contribution in [1.29, 1.82) is 0 Å². The average Bonchev–Trinajstić information content (AvgIpc) is 3.10. The summed E-state index contributed by atoms with van der Waals surface area (Å²) in [5.74, 6) is 0.693. The van der Waals surface area contributed by atoms with Gasteiger partial charge < -0.3 is 4.79 Å². The van der Waals surface area contributed by atoms with E-state index in [1.807, 2.05) is 19.1 Å². The molecular weight excluding hydrogens is 286 g/mol. The van der Waals surface area contributed by atoms with E-state index >= 15 is 0 Å². The molecule has 3 rings (SSSR count). The highest BCUT2D eigenvalue weighted by atomic mass is 32.2. The molecule has 1 aliphatic carbocycles. The molecule has 1 aliphatic heterocycles. The Bertz CT molecular complexity index is 665. The zero-order chi connectivity index (χ0) is 15.3. The van der Waals surface area contributed by atoms with Crippen LogP contribution in [0.25, 0.3) is 0 Å². The Hall–Kier alpha value is -1.20. The lowest BCUT2D eigenvalue weighted by Crippen LogP contribution is -2.41. The molecule has 0 bridgehead atoms. The van der Waals surface area contributed by atoms with Gasteiger partial charge in [-0.15, -0.1) is 0 Å². The zero-order valence-corrected chi connectivity index (χ0v) is 13.3. The van der Waals surface area contributed by atoms with Crippen LogP contribution in [0.4, 0.5) is 0 Å². The number of rotatable bonds is 4. The van der Waals surface area contributed by atoms with E-state index in [9.17, 15) is 13.2 Å². The largest absolute Gasteiger partial charge is 0.300 e. The van der Waals surface area contributed by atoms with Crippen molar-refractivity contribution in [2.24, 2.45) is 11.3 Å². The number of piperidine rings is 1. The van der Waals surface area contributed by atoms with Gasteiger partial charge >= 0.3 is 0 Å². The fourth-order valence-electron chi connectivity index (χ4n) is 3.60. The topological polar surface area (TPSA) is 54.5 Å². The molecule has 0 spiro atoms. The van der Waals surface area contributed by atoms with Gasteiger partial charge in [-0.2, -0.15) is 4.31 Å². The molecule has 0 radical (unpaired) electrons. The van der Waals surface area contributed by atoms with Crippen molar-refractivity contribution in [3.8, 4) is 0 Å². The van der Waals surface area contributed by atoms with Gasteiger partial charge in [0.2, 0.25) is 10.0 Å². The van der Waals surface area contributed by atoms with Gasteiger partial charge in [-0.3, -0.25) is 0 Å². The Kier molecular flexibility index (Phi) is 3.45. The number of ketones is 1. The van der Waals surface area contributed by atoms with E-state index in [-0.39, 0.29) is 11.2 Å². The number of fused-ring (bicyclic) bond motifs is 1. The lowest BCUT2D eigenvalue weighted by molar-refractivity contribution is -0.118. The first kappa shape index (κ1) is 14.7. The van der Waals surface area contributed by atoms with Gasteiger partial charge in [-0.05, 0) is 50.2 Å². The SMILES string of the molecule is CC(=O)CC12CC1CCN(S(=O)(=O)c1ccc(C)cc1)C2. The van der Waals surface area contributed by atoms with Crippen molar-refractivity contribution in [2.75, 3.05) is 13.1 Å². The summed E-state index contributed by atoms with van der Waals surface area (Å²) < 4.78 is 27.0. The third kappa shape index (κ3) is 2.64. The number of hydrogen-bond donors (Lipinski definition) is 0. The molecule has 0 aromatic heterocycles. The molecule has 21 heavy (non-hydrogen) atoms. The normalized spacial score (nSPS) is 29.0. The van der Waals surface area contributed by atoms with Crippen LogP contribution in [0.1, 0.15) is 31.7 Å². The van der Waals surface area contributed by atoms with Crippen LogP contribution in [0.2, 0.25) is 0 Å². The van der Waals surface area contributed by atoms with Crippen molar-refractivity contribution in [2.45, 2.75) is 38.0 Å². The molecule has 2 aliphatic rings. The fraction of sp³-hybridized carbons (Fsp3) is 0.562. The summed E-state index contributed by atoms with van der Waals surface area (Å²) in [6.45, 7) is 4.60. The molecule has 1 saturated carbocycles. The van der Waals surface area contributed by atoms with Gasteiger partial charge in [0.05, 0.1) is 4.90 Å². The highest BCUT2D eigenvalue weighted by molar-refractivity contribution is 7.89. The lowest BCUT2D eigenvalue weighted by Gasteiger charge is -2.31. The molecule has 1 aromatic rings. The number of Topliss-reactive ketones (excluding diaryl/α,β-unsaturated/α-hetero) is 1. The van der Waals surface area contributed by atoms with Crippen molar-refractivity contribution in [1.82, 2.24) is 4.31 Å². The summed E-state index contributed by atoms with van der Waals surface area (Å²) in [7, 11) is -3.44. The minimum atomic E-state index is -3.44. The molecule has 4 nitrogen and oxygen atoms in total. The summed E-state index contributed by atoms with van der Waals surface area (Å²) in [5, 5.41) is 0. The summed E-state index contributed by atoms with van der Waals surface area (Å²) >= 11 is 0. The predicted molar refractivity (Wildman–Crippen MR) is 80.4 cm³/mol. The molecule has 2 unspecified atom stereocenters. The van der Waals surface area contributed by atoms with E-state index in [2.05, 4.69) is 0 Å². The smallest absolute Gasteiger partial charge is 0.243 e. The van der Waals surface area contributed by atoms with Gasteiger partial charge in [0, 0.05) is 19.5 Å². The quantitative estimate of drug-likeness (QED) is 0.858. The maximum Gasteiger partial charge on any atom is 0.243 e. The van der Waals surface area contributed by atoms with Crippen LogP contribution >= 0.6 is 0 Å². The standard InChI is InChI=1S/C16H21NO3S/c1-12-3-5-15(6-4-12)21(19,20)17-8-7-14-10-16(14,11-17)9-13(2)18/h3-6,14H,7-11H2,1-2H3. The Morgan fingerprint density at radius 2 is 2.00 bits per heavy atom. The number of carbonyl (C=O) groups is 1. The zero-order valence-electron chi connectivity index (χ0n) is 12.5. The maximum atomic E-state index is 12.7. The average molecular weight is 307 g/mol. The molecule has 5 heteroatoms. The molecule has 2 fully saturated rings. The second-order valence-electron chi connectivity index (χ2n) is 6.58. The highest BCUT2D eigenvalue weighted by Gasteiger charge is 2.58. The Morgan fingerprint density at radius 1 is 1.33 bits per heavy atom. The minimum Gasteiger partial charge on any atom is -0.300 e. The molecule has 0 amide bonds. The monoisotopic (exact) mass is 307 g/mol. The first-order chi connectivity index (χ1) is 9.83. The van der Waals surface area contributed by atoms with Crippen molar-refractivity contribution < 1.29 is 13.2 Å². The molecule has 2 atom stereocenters. The lowest BCUT2D eigenvalue weighted by atomic mass is 9.93. The van der Waals surface area contributed by atoms with E-state index in [1.54, 1.807) is 23.4 Å². The Labute approximate surface area is 126 Å². The van der Waals surface area contributed by atoms with Gasteiger partial charge in [0.1, 0.15) is 5.78 Å². The highest BCUT2D eigenvalue weighted by Crippen LogP contribution is 2.60. The van der Waals surface area contributed by atoms with E-state index in [0.717, 1.165) is 18.4 Å². The number of benzene rings is 1. The molecule has 1 heterocycles. The number of sulfonamides is 1. The molecular formula is C16H21NO3S. The van der Waals surface area contributed by atoms with Crippen LogP contribution < -0.4 is 0 Å². The fourth-order valence-corrected chi connectivity index (χ4v) is 5.15. The first-order valence-corrected chi connectivity index (χ1v) is 8.84. The van der Waals surface area contributed by atoms with Crippen LogP contribution in [-0.2, 0) is 14.8 Å². The summed E-state index contributed by atoms with van der Waals surface area (Å²) in [5.41, 5.74) is 0.963. The third-order valence-corrected chi connectivity index (χ3v) is 6.70. The van der Waals surface area contributed by atoms with Crippen LogP contribution in [0.3, 0.4) is 0 Å². The van der Waals surface area contributed by atoms with E-state index in [1.165, 1.54) is 0 Å². The van der Waals surface area contributed by atoms with Crippen LogP contribution in [0.5, 0.6) is 0 Å². The Balaban J connectivity index is 1.83. The van der Waals surface area contributed by atoms with Crippen LogP contribution in [0, 0.1) is 18.3 Å². The molecule has 0 N–H and O–H groups in total. The molecule has 1 aromatic carbocycles. The summed E-state index contributed by atoms with van der Waals surface area (Å²) in [6, 6.07) is 6.98. The van der Waals surface area contributed by atoms with Crippen LogP contribution in [-0.4, -0.2) is 31.6 Å². The van der Waals surface area contributed by atoms with E-state index in [0.29, 0.717) is 30.3 Å². The summed E-state index contributed by atoms with van der Waals surface area (Å²) in [6.07, 6.45) is 2.38. The second-order valence-corrected chi connectivity index (χ2v) is 8.52. The number of aryl methyl sites for hydroxylation is 1. The maximum absolute atomic E-state index is 12.7. The number of carbonyl (C=O) groups excluding carboxylic acids is 1. The van der Waals surface area contributed by atoms with Gasteiger partial charge in [-0.1, -0.05) is 17.7 Å². The first-order valence-electron chi connectivity index (χ1n) is 7.40. The van der Waals surface area contributed by atoms with Crippen molar-refractivity contribution >= 4 is 15.8 Å². The molecule has 1 saturated heterocycles. The minimum absolute atomic E-state index is 0.0815. The second kappa shape index (κ2) is 4.92. The van der Waals surface area contributed by atoms with E-state index < -0.39 is 10.0 Å². The third-order valence-electron chi connectivity index (χ3n) is 4.84. The van der Waals surface area contributed by atoms with E-state index in [4.69, 9.17) is 0 Å². The summed E-state index contributed by atoms with van der Waals surface area (Å²) in [4.78, 5) is 11.8. The van der Waals surface area contributed by atoms with Gasteiger partial charge in [0.15, 0.2) is 0 Å². The Morgan fingerprint density at radius 3 is 2.62 bits per heavy atom. The number of hydrogen-bond acceptors (Lipinski definition) is 3. The van der Waals surface area contributed by atoms with Crippen molar-refractivity contribution in [3.63, 3.8) is 0 Å². The van der Waals surface area contributed by atoms with Crippen molar-refractivity contribution in [3.05, 3.63) is 29.8 Å². The van der Waals surface area contributed by atoms with Gasteiger partial charge in [0.25, 0.3) is 0 Å².